The predicted molar refractivity (Wildman–Crippen MR) is 120 cm³/mol. The van der Waals surface area contributed by atoms with Crippen molar-refractivity contribution in [1.82, 2.24) is 0 Å². The lowest BCUT2D eigenvalue weighted by Gasteiger charge is -2.16. The number of amides is 1. The summed E-state index contributed by atoms with van der Waals surface area (Å²) in [6.07, 6.45) is 2.32. The Bertz CT molecular complexity index is 1210. The van der Waals surface area contributed by atoms with Gasteiger partial charge in [-0.05, 0) is 59.5 Å². The van der Waals surface area contributed by atoms with Gasteiger partial charge >= 0.3 is 0 Å². The second kappa shape index (κ2) is 9.36. The molecule has 1 aliphatic heterocycles. The lowest BCUT2D eigenvalue weighted by atomic mass is 10.1. The van der Waals surface area contributed by atoms with Crippen LogP contribution in [0.3, 0.4) is 0 Å². The molecular formula is C26H21FN2O3. The van der Waals surface area contributed by atoms with E-state index in [1.54, 1.807) is 41.3 Å². The minimum absolute atomic E-state index is 0.0451. The number of halogens is 1. The fourth-order valence-electron chi connectivity index (χ4n) is 3.64. The molecule has 0 spiro atoms. The number of rotatable bonds is 6. The zero-order valence-electron chi connectivity index (χ0n) is 17.5. The van der Waals surface area contributed by atoms with Crippen LogP contribution in [0.4, 0.5) is 10.1 Å². The van der Waals surface area contributed by atoms with Crippen LogP contribution in [0.1, 0.15) is 16.7 Å². The number of carbonyl (C=O) groups is 1. The zero-order chi connectivity index (χ0) is 22.5. The zero-order valence-corrected chi connectivity index (χ0v) is 17.5. The van der Waals surface area contributed by atoms with E-state index < -0.39 is 0 Å². The summed E-state index contributed by atoms with van der Waals surface area (Å²) in [6.45, 7) is 0.804. The Morgan fingerprint density at radius 1 is 1.12 bits per heavy atom. The predicted octanol–water partition coefficient (Wildman–Crippen LogP) is 4.91. The maximum Gasteiger partial charge on any atom is 0.268 e. The van der Waals surface area contributed by atoms with Gasteiger partial charge in [-0.2, -0.15) is 5.26 Å². The van der Waals surface area contributed by atoms with Gasteiger partial charge in [0, 0.05) is 12.2 Å². The number of methoxy groups -OCH3 is 1. The molecule has 160 valence electrons. The van der Waals surface area contributed by atoms with Crippen molar-refractivity contribution in [1.29, 1.82) is 5.26 Å². The molecule has 3 aromatic rings. The molecule has 0 fully saturated rings. The lowest BCUT2D eigenvalue weighted by Crippen LogP contribution is -2.29. The first-order valence-electron chi connectivity index (χ1n) is 10.2. The number of benzene rings is 3. The van der Waals surface area contributed by atoms with Crippen LogP contribution in [0, 0.1) is 17.1 Å². The number of hydrogen-bond donors (Lipinski definition) is 0. The summed E-state index contributed by atoms with van der Waals surface area (Å²) in [5, 5.41) is 9.63. The van der Waals surface area contributed by atoms with Gasteiger partial charge in [-0.1, -0.05) is 36.4 Å². The molecule has 3 aromatic carbocycles. The van der Waals surface area contributed by atoms with Crippen molar-refractivity contribution in [3.05, 3.63) is 94.8 Å². The van der Waals surface area contributed by atoms with Gasteiger partial charge in [-0.3, -0.25) is 4.79 Å². The van der Waals surface area contributed by atoms with Crippen molar-refractivity contribution >= 4 is 17.7 Å². The Hall–Kier alpha value is -4.11. The number of ether oxygens (including phenoxy) is 2. The molecule has 0 radical (unpaired) electrons. The fourth-order valence-corrected chi connectivity index (χ4v) is 3.64. The van der Waals surface area contributed by atoms with E-state index in [4.69, 9.17) is 9.47 Å². The fraction of sp³-hybridized carbons (Fsp3) is 0.154. The van der Waals surface area contributed by atoms with Gasteiger partial charge in [0.15, 0.2) is 11.5 Å². The standard InChI is InChI=1S/C26H21FN2O3/c1-31-25-15-19(8-11-24(25)32-17-18-6-9-22(27)10-7-18)14-21(16-28)26(30)29-13-12-20-4-2-3-5-23(20)29/h2-11,14-15H,12-13,17H2,1H3. The number of hydrogen-bond acceptors (Lipinski definition) is 4. The second-order valence-electron chi connectivity index (χ2n) is 7.33. The van der Waals surface area contributed by atoms with E-state index in [0.717, 1.165) is 23.2 Å². The van der Waals surface area contributed by atoms with Crippen molar-refractivity contribution in [3.63, 3.8) is 0 Å². The van der Waals surface area contributed by atoms with Crippen LogP contribution in [0.25, 0.3) is 6.08 Å². The van der Waals surface area contributed by atoms with Crippen LogP contribution in [-0.2, 0) is 17.8 Å². The average Bonchev–Trinajstić information content (AvgIpc) is 3.26. The summed E-state index contributed by atoms with van der Waals surface area (Å²) in [6, 6.07) is 21.0. The van der Waals surface area contributed by atoms with E-state index in [-0.39, 0.29) is 23.9 Å². The van der Waals surface area contributed by atoms with Crippen molar-refractivity contribution in [2.45, 2.75) is 13.0 Å². The van der Waals surface area contributed by atoms with Crippen molar-refractivity contribution in [3.8, 4) is 17.6 Å². The van der Waals surface area contributed by atoms with Crippen molar-refractivity contribution in [2.75, 3.05) is 18.6 Å². The van der Waals surface area contributed by atoms with Crippen LogP contribution in [0.2, 0.25) is 0 Å². The lowest BCUT2D eigenvalue weighted by molar-refractivity contribution is -0.114. The molecule has 1 heterocycles. The van der Waals surface area contributed by atoms with Crippen LogP contribution >= 0.6 is 0 Å². The molecule has 0 saturated carbocycles. The smallest absolute Gasteiger partial charge is 0.268 e. The molecule has 5 nitrogen and oxygen atoms in total. The van der Waals surface area contributed by atoms with Gasteiger partial charge in [0.1, 0.15) is 24.1 Å². The summed E-state index contributed by atoms with van der Waals surface area (Å²) >= 11 is 0. The highest BCUT2D eigenvalue weighted by atomic mass is 19.1. The third kappa shape index (κ3) is 4.47. The normalized spacial score (nSPS) is 12.8. The van der Waals surface area contributed by atoms with Gasteiger partial charge in [0.2, 0.25) is 0 Å². The summed E-state index contributed by atoms with van der Waals surface area (Å²) in [5.74, 6) is 0.347. The van der Waals surface area contributed by atoms with Gasteiger partial charge in [-0.15, -0.1) is 0 Å². The van der Waals surface area contributed by atoms with Gasteiger partial charge in [-0.25, -0.2) is 4.39 Å². The van der Waals surface area contributed by atoms with E-state index in [2.05, 4.69) is 0 Å². The molecule has 4 rings (SSSR count). The summed E-state index contributed by atoms with van der Waals surface area (Å²) in [4.78, 5) is 14.6. The monoisotopic (exact) mass is 428 g/mol. The molecule has 0 atom stereocenters. The molecule has 0 aliphatic carbocycles. The third-order valence-corrected chi connectivity index (χ3v) is 5.29. The van der Waals surface area contributed by atoms with Crippen LogP contribution < -0.4 is 14.4 Å². The Balaban J connectivity index is 1.53. The first-order valence-corrected chi connectivity index (χ1v) is 10.2. The van der Waals surface area contributed by atoms with Crippen LogP contribution in [-0.4, -0.2) is 19.6 Å². The summed E-state index contributed by atoms with van der Waals surface area (Å²) < 4.78 is 24.3. The summed E-state index contributed by atoms with van der Waals surface area (Å²) in [7, 11) is 1.52. The number of anilines is 1. The molecule has 0 N–H and O–H groups in total. The van der Waals surface area contributed by atoms with E-state index in [0.29, 0.717) is 23.6 Å². The number of para-hydroxylation sites is 1. The third-order valence-electron chi connectivity index (χ3n) is 5.29. The van der Waals surface area contributed by atoms with E-state index >= 15 is 0 Å². The first kappa shape index (κ1) is 21.1. The molecule has 1 aliphatic rings. The highest BCUT2D eigenvalue weighted by Crippen LogP contribution is 2.31. The van der Waals surface area contributed by atoms with E-state index in [9.17, 15) is 14.4 Å². The summed E-state index contributed by atoms with van der Waals surface area (Å²) in [5.41, 5.74) is 3.46. The van der Waals surface area contributed by atoms with Gasteiger partial charge in [0.05, 0.1) is 7.11 Å². The highest BCUT2D eigenvalue weighted by molar-refractivity contribution is 6.12. The van der Waals surface area contributed by atoms with Crippen LogP contribution in [0.5, 0.6) is 11.5 Å². The Labute approximate surface area is 185 Å². The van der Waals surface area contributed by atoms with Crippen molar-refractivity contribution in [2.24, 2.45) is 0 Å². The second-order valence-corrected chi connectivity index (χ2v) is 7.33. The Morgan fingerprint density at radius 3 is 2.66 bits per heavy atom. The van der Waals surface area contributed by atoms with Crippen molar-refractivity contribution < 1.29 is 18.7 Å². The molecule has 0 unspecified atom stereocenters. The quantitative estimate of drug-likeness (QED) is 0.413. The first-order chi connectivity index (χ1) is 15.6. The average molecular weight is 428 g/mol. The number of nitriles is 1. The van der Waals surface area contributed by atoms with E-state index in [1.165, 1.54) is 19.2 Å². The molecule has 0 aromatic heterocycles. The number of nitrogens with zero attached hydrogens (tertiary/aromatic N) is 2. The maximum atomic E-state index is 13.1. The SMILES string of the molecule is COc1cc(C=C(C#N)C(=O)N2CCc3ccccc32)ccc1OCc1ccc(F)cc1. The minimum Gasteiger partial charge on any atom is -0.493 e. The van der Waals surface area contributed by atoms with Gasteiger partial charge in [0.25, 0.3) is 5.91 Å². The van der Waals surface area contributed by atoms with Gasteiger partial charge < -0.3 is 14.4 Å². The molecule has 6 heteroatoms. The Kier molecular flexibility index (Phi) is 6.18. The molecule has 0 bridgehead atoms. The Morgan fingerprint density at radius 2 is 1.91 bits per heavy atom. The number of carbonyl (C=O) groups excluding carboxylic acids is 1. The maximum absolute atomic E-state index is 13.1. The van der Waals surface area contributed by atoms with Crippen LogP contribution in [0.15, 0.2) is 72.3 Å². The molecule has 0 saturated heterocycles. The molecule has 1 amide bonds. The molecular weight excluding hydrogens is 407 g/mol. The van der Waals surface area contributed by atoms with E-state index in [1.807, 2.05) is 30.3 Å². The largest absolute Gasteiger partial charge is 0.493 e. The minimum atomic E-state index is -0.326. The number of fused-ring (bicyclic) bond motifs is 1. The highest BCUT2D eigenvalue weighted by Gasteiger charge is 2.26. The topological polar surface area (TPSA) is 62.6 Å². The molecule has 32 heavy (non-hydrogen) atoms.